The standard InChI is InChI=1S/C14H15ClN4OS/c15-10-2-1-3-11(8-10)17-13(20)6-7-21-14-18-16-9-19(14)12-4-5-12/h1-3,8-9,12H,4-7H2,(H,17,20). The maximum atomic E-state index is 11.9. The van der Waals surface area contributed by atoms with E-state index < -0.39 is 0 Å². The predicted octanol–water partition coefficient (Wildman–Crippen LogP) is 3.39. The lowest BCUT2D eigenvalue weighted by Crippen LogP contribution is -2.12. The first kappa shape index (κ1) is 14.4. The van der Waals surface area contributed by atoms with E-state index in [-0.39, 0.29) is 5.91 Å². The summed E-state index contributed by atoms with van der Waals surface area (Å²) in [6.07, 6.45) is 4.59. The summed E-state index contributed by atoms with van der Waals surface area (Å²) in [6, 6.07) is 7.70. The van der Waals surface area contributed by atoms with Gasteiger partial charge < -0.3 is 9.88 Å². The zero-order chi connectivity index (χ0) is 14.7. The van der Waals surface area contributed by atoms with Crippen molar-refractivity contribution in [2.24, 2.45) is 0 Å². The second-order valence-corrected chi connectivity index (χ2v) is 6.41. The Kier molecular flexibility index (Phi) is 4.45. The number of hydrogen-bond donors (Lipinski definition) is 1. The molecular formula is C14H15ClN4OS. The minimum atomic E-state index is -0.0257. The molecule has 1 aromatic heterocycles. The Bertz CT molecular complexity index is 641. The van der Waals surface area contributed by atoms with E-state index >= 15 is 0 Å². The SMILES string of the molecule is O=C(CCSc1nncn1C1CC1)Nc1cccc(Cl)c1. The van der Waals surface area contributed by atoms with Crippen molar-refractivity contribution in [3.8, 4) is 0 Å². The molecule has 0 saturated heterocycles. The molecule has 0 radical (unpaired) electrons. The Balaban J connectivity index is 1.46. The number of anilines is 1. The molecule has 1 aliphatic carbocycles. The minimum Gasteiger partial charge on any atom is -0.326 e. The monoisotopic (exact) mass is 322 g/mol. The fourth-order valence-electron chi connectivity index (χ4n) is 1.96. The molecular weight excluding hydrogens is 308 g/mol. The van der Waals surface area contributed by atoms with E-state index in [1.165, 1.54) is 12.8 Å². The molecule has 3 rings (SSSR count). The molecule has 0 atom stereocenters. The third-order valence-electron chi connectivity index (χ3n) is 3.15. The number of hydrogen-bond acceptors (Lipinski definition) is 4. The lowest BCUT2D eigenvalue weighted by molar-refractivity contribution is -0.115. The molecule has 1 N–H and O–H groups in total. The Hall–Kier alpha value is -1.53. The number of benzene rings is 1. The van der Waals surface area contributed by atoms with Gasteiger partial charge in [0.1, 0.15) is 6.33 Å². The van der Waals surface area contributed by atoms with Crippen molar-refractivity contribution in [2.45, 2.75) is 30.5 Å². The maximum absolute atomic E-state index is 11.9. The molecule has 0 unspecified atom stereocenters. The third kappa shape index (κ3) is 3.98. The fourth-order valence-corrected chi connectivity index (χ4v) is 3.07. The summed E-state index contributed by atoms with van der Waals surface area (Å²) >= 11 is 7.45. The molecule has 2 aromatic rings. The third-order valence-corrected chi connectivity index (χ3v) is 4.34. The van der Waals surface area contributed by atoms with E-state index in [0.717, 1.165) is 10.8 Å². The number of nitrogens with one attached hydrogen (secondary N) is 1. The van der Waals surface area contributed by atoms with Crippen molar-refractivity contribution < 1.29 is 4.79 Å². The average molecular weight is 323 g/mol. The summed E-state index contributed by atoms with van der Waals surface area (Å²) in [5.74, 6) is 0.653. The summed E-state index contributed by atoms with van der Waals surface area (Å²) in [6.45, 7) is 0. The zero-order valence-electron chi connectivity index (χ0n) is 11.3. The van der Waals surface area contributed by atoms with Gasteiger partial charge in [-0.25, -0.2) is 0 Å². The maximum Gasteiger partial charge on any atom is 0.225 e. The van der Waals surface area contributed by atoms with E-state index in [1.54, 1.807) is 30.2 Å². The molecule has 1 saturated carbocycles. The minimum absolute atomic E-state index is 0.0257. The van der Waals surface area contributed by atoms with Gasteiger partial charge in [0.15, 0.2) is 5.16 Å². The van der Waals surface area contributed by atoms with Crippen LogP contribution in [0.4, 0.5) is 5.69 Å². The second kappa shape index (κ2) is 6.49. The van der Waals surface area contributed by atoms with Crippen molar-refractivity contribution in [2.75, 3.05) is 11.1 Å². The van der Waals surface area contributed by atoms with Gasteiger partial charge in [-0.1, -0.05) is 29.4 Å². The lowest BCUT2D eigenvalue weighted by Gasteiger charge is -2.06. The summed E-state index contributed by atoms with van der Waals surface area (Å²) in [7, 11) is 0. The number of carbonyl (C=O) groups is 1. The largest absolute Gasteiger partial charge is 0.326 e. The van der Waals surface area contributed by atoms with Crippen molar-refractivity contribution in [3.05, 3.63) is 35.6 Å². The topological polar surface area (TPSA) is 59.8 Å². The van der Waals surface area contributed by atoms with E-state index in [0.29, 0.717) is 23.2 Å². The van der Waals surface area contributed by atoms with E-state index in [2.05, 4.69) is 20.1 Å². The highest BCUT2D eigenvalue weighted by atomic mass is 35.5. The van der Waals surface area contributed by atoms with Crippen molar-refractivity contribution >= 4 is 35.0 Å². The molecule has 7 heteroatoms. The van der Waals surface area contributed by atoms with Gasteiger partial charge >= 0.3 is 0 Å². The zero-order valence-corrected chi connectivity index (χ0v) is 12.9. The summed E-state index contributed by atoms with van der Waals surface area (Å²) in [5, 5.41) is 12.4. The number of amides is 1. The van der Waals surface area contributed by atoms with E-state index in [9.17, 15) is 4.79 Å². The first-order valence-electron chi connectivity index (χ1n) is 6.80. The highest BCUT2D eigenvalue weighted by Gasteiger charge is 2.26. The highest BCUT2D eigenvalue weighted by molar-refractivity contribution is 7.99. The molecule has 1 heterocycles. The molecule has 1 fully saturated rings. The lowest BCUT2D eigenvalue weighted by atomic mass is 10.3. The quantitative estimate of drug-likeness (QED) is 0.828. The van der Waals surface area contributed by atoms with Crippen LogP contribution in [-0.2, 0) is 4.79 Å². The molecule has 5 nitrogen and oxygen atoms in total. The van der Waals surface area contributed by atoms with Gasteiger partial charge in [0.25, 0.3) is 0 Å². The van der Waals surface area contributed by atoms with Crippen LogP contribution in [0.15, 0.2) is 35.7 Å². The normalized spacial score (nSPS) is 14.1. The van der Waals surface area contributed by atoms with E-state index in [1.807, 2.05) is 12.1 Å². The van der Waals surface area contributed by atoms with Crippen LogP contribution in [0, 0.1) is 0 Å². The smallest absolute Gasteiger partial charge is 0.225 e. The van der Waals surface area contributed by atoms with Gasteiger partial charge in [-0.2, -0.15) is 0 Å². The number of halogens is 1. The van der Waals surface area contributed by atoms with Crippen LogP contribution >= 0.6 is 23.4 Å². The molecule has 0 aliphatic heterocycles. The van der Waals surface area contributed by atoms with Gasteiger partial charge in [0.05, 0.1) is 0 Å². The van der Waals surface area contributed by atoms with Crippen molar-refractivity contribution in [1.29, 1.82) is 0 Å². The molecule has 21 heavy (non-hydrogen) atoms. The van der Waals surface area contributed by atoms with Gasteiger partial charge in [-0.3, -0.25) is 4.79 Å². The molecule has 1 aliphatic rings. The summed E-state index contributed by atoms with van der Waals surface area (Å²) in [5.41, 5.74) is 0.721. The average Bonchev–Trinajstić information content (AvgIpc) is 3.19. The Morgan fingerprint density at radius 2 is 2.33 bits per heavy atom. The molecule has 1 aromatic carbocycles. The molecule has 0 spiro atoms. The molecule has 1 amide bonds. The van der Waals surface area contributed by atoms with Crippen molar-refractivity contribution in [1.82, 2.24) is 14.8 Å². The van der Waals surface area contributed by atoms with Crippen LogP contribution in [0.5, 0.6) is 0 Å². The number of aromatic nitrogens is 3. The van der Waals surface area contributed by atoms with Gasteiger partial charge in [-0.15, -0.1) is 10.2 Å². The summed E-state index contributed by atoms with van der Waals surface area (Å²) in [4.78, 5) is 11.9. The highest BCUT2D eigenvalue weighted by Crippen LogP contribution is 2.37. The predicted molar refractivity (Wildman–Crippen MR) is 83.7 cm³/mol. The van der Waals surface area contributed by atoms with Crippen LogP contribution in [0.2, 0.25) is 5.02 Å². The molecule has 0 bridgehead atoms. The Morgan fingerprint density at radius 3 is 3.10 bits per heavy atom. The van der Waals surface area contributed by atoms with Crippen LogP contribution < -0.4 is 5.32 Å². The Labute approximate surface area is 132 Å². The second-order valence-electron chi connectivity index (χ2n) is 4.91. The number of nitrogens with zero attached hydrogens (tertiary/aromatic N) is 3. The number of rotatable bonds is 6. The molecule has 110 valence electrons. The van der Waals surface area contributed by atoms with Crippen LogP contribution in [-0.4, -0.2) is 26.4 Å². The first-order valence-corrected chi connectivity index (χ1v) is 8.16. The van der Waals surface area contributed by atoms with Gasteiger partial charge in [0.2, 0.25) is 5.91 Å². The van der Waals surface area contributed by atoms with Gasteiger partial charge in [0, 0.05) is 28.9 Å². The summed E-state index contributed by atoms with van der Waals surface area (Å²) < 4.78 is 2.10. The van der Waals surface area contributed by atoms with Crippen LogP contribution in [0.1, 0.15) is 25.3 Å². The van der Waals surface area contributed by atoms with Crippen LogP contribution in [0.25, 0.3) is 0 Å². The van der Waals surface area contributed by atoms with Gasteiger partial charge in [-0.05, 0) is 31.0 Å². The first-order chi connectivity index (χ1) is 10.2. The van der Waals surface area contributed by atoms with E-state index in [4.69, 9.17) is 11.6 Å². The van der Waals surface area contributed by atoms with Crippen LogP contribution in [0.3, 0.4) is 0 Å². The number of thioether (sulfide) groups is 1. The Morgan fingerprint density at radius 1 is 1.48 bits per heavy atom. The number of carbonyl (C=O) groups excluding carboxylic acids is 1. The van der Waals surface area contributed by atoms with Crippen molar-refractivity contribution in [3.63, 3.8) is 0 Å². The fraction of sp³-hybridized carbons (Fsp3) is 0.357.